The number of amides is 3. The monoisotopic (exact) mass is 476 g/mol. The molecule has 2 saturated heterocycles. The van der Waals surface area contributed by atoms with E-state index in [1.165, 1.54) is 24.3 Å². The van der Waals surface area contributed by atoms with Crippen LogP contribution in [-0.4, -0.2) is 53.2 Å². The predicted molar refractivity (Wildman–Crippen MR) is 116 cm³/mol. The molecule has 0 aliphatic carbocycles. The topological polar surface area (TPSA) is 66.9 Å². The number of alkyl halides is 3. The highest BCUT2D eigenvalue weighted by Crippen LogP contribution is 2.36. The first-order valence-electron chi connectivity index (χ1n) is 10.1. The summed E-state index contributed by atoms with van der Waals surface area (Å²) in [4.78, 5) is 40.2. The summed E-state index contributed by atoms with van der Waals surface area (Å²) < 4.78 is 45.0. The molecule has 10 heteroatoms. The van der Waals surface area contributed by atoms with Gasteiger partial charge in [0.25, 0.3) is 17.1 Å². The third kappa shape index (κ3) is 5.12. The first-order chi connectivity index (χ1) is 15.7. The highest BCUT2D eigenvalue weighted by atomic mass is 32.2. The summed E-state index contributed by atoms with van der Waals surface area (Å²) in [5.74, 6) is -0.774. The quantitative estimate of drug-likeness (QED) is 0.612. The van der Waals surface area contributed by atoms with E-state index in [1.54, 1.807) is 29.2 Å². The fourth-order valence-corrected chi connectivity index (χ4v) is 4.40. The average Bonchev–Trinajstić information content (AvgIpc) is 3.06. The lowest BCUT2D eigenvalue weighted by molar-refractivity contribution is -0.139. The minimum atomic E-state index is -4.59. The van der Waals surface area contributed by atoms with Crippen molar-refractivity contribution in [2.45, 2.75) is 12.7 Å². The van der Waals surface area contributed by atoms with Gasteiger partial charge in [-0.25, -0.2) is 0 Å². The van der Waals surface area contributed by atoms with E-state index in [4.69, 9.17) is 4.74 Å². The third-order valence-corrected chi connectivity index (χ3v) is 6.19. The lowest BCUT2D eigenvalue weighted by atomic mass is 10.1. The second kappa shape index (κ2) is 9.40. The van der Waals surface area contributed by atoms with E-state index in [0.29, 0.717) is 49.2 Å². The molecule has 4 rings (SSSR count). The van der Waals surface area contributed by atoms with Crippen LogP contribution >= 0.6 is 11.8 Å². The smallest absolute Gasteiger partial charge is 0.378 e. The Hall–Kier alpha value is -3.11. The van der Waals surface area contributed by atoms with Gasteiger partial charge in [0.05, 0.1) is 30.2 Å². The lowest BCUT2D eigenvalue weighted by Crippen LogP contribution is -2.40. The van der Waals surface area contributed by atoms with Gasteiger partial charge in [0, 0.05) is 18.7 Å². The molecule has 2 aromatic carbocycles. The standard InChI is InChI=1S/C23H19F3N2O4S/c24-23(25,26)18-4-2-1-3-17(18)14-28-21(30)19(33-22(28)31)13-15-5-7-16(8-6-15)20(29)27-9-11-32-12-10-27/h1-8,13H,9-12,14H2/b19-13-. The van der Waals surface area contributed by atoms with Crippen molar-refractivity contribution in [2.24, 2.45) is 0 Å². The van der Waals surface area contributed by atoms with Crippen LogP contribution in [0.5, 0.6) is 0 Å². The Kier molecular flexibility index (Phi) is 6.57. The van der Waals surface area contributed by atoms with Crippen LogP contribution in [0, 0.1) is 0 Å². The molecule has 0 bridgehead atoms. The summed E-state index contributed by atoms with van der Waals surface area (Å²) >= 11 is 0.671. The molecule has 0 unspecified atom stereocenters. The number of carbonyl (C=O) groups is 3. The van der Waals surface area contributed by atoms with Crippen LogP contribution in [0.1, 0.15) is 27.0 Å². The highest BCUT2D eigenvalue weighted by Gasteiger charge is 2.38. The van der Waals surface area contributed by atoms with E-state index in [2.05, 4.69) is 0 Å². The number of imide groups is 1. The Labute approximate surface area is 192 Å². The molecule has 2 aromatic rings. The molecule has 0 N–H and O–H groups in total. The summed E-state index contributed by atoms with van der Waals surface area (Å²) in [7, 11) is 0. The molecule has 0 saturated carbocycles. The molecule has 2 heterocycles. The molecule has 172 valence electrons. The highest BCUT2D eigenvalue weighted by molar-refractivity contribution is 8.18. The summed E-state index contributed by atoms with van der Waals surface area (Å²) in [5.41, 5.74) is 0.0497. The maximum absolute atomic E-state index is 13.3. The van der Waals surface area contributed by atoms with E-state index in [1.807, 2.05) is 0 Å². The van der Waals surface area contributed by atoms with Gasteiger partial charge in [-0.15, -0.1) is 0 Å². The summed E-state index contributed by atoms with van der Waals surface area (Å²) in [6.07, 6.45) is -3.10. The second-order valence-corrected chi connectivity index (χ2v) is 8.44. The number of halogens is 3. The van der Waals surface area contributed by atoms with Crippen LogP contribution in [0.3, 0.4) is 0 Å². The van der Waals surface area contributed by atoms with Gasteiger partial charge >= 0.3 is 6.18 Å². The Morgan fingerprint density at radius 1 is 1.03 bits per heavy atom. The number of benzene rings is 2. The number of thioether (sulfide) groups is 1. The van der Waals surface area contributed by atoms with E-state index in [9.17, 15) is 27.6 Å². The molecule has 2 aliphatic heterocycles. The minimum Gasteiger partial charge on any atom is -0.378 e. The fourth-order valence-electron chi connectivity index (χ4n) is 3.56. The maximum Gasteiger partial charge on any atom is 0.416 e. The van der Waals surface area contributed by atoms with Crippen LogP contribution in [0.4, 0.5) is 18.0 Å². The second-order valence-electron chi connectivity index (χ2n) is 7.45. The first kappa shape index (κ1) is 23.1. The van der Waals surface area contributed by atoms with Gasteiger partial charge in [0.1, 0.15) is 0 Å². The van der Waals surface area contributed by atoms with Crippen molar-refractivity contribution in [3.05, 3.63) is 75.7 Å². The van der Waals surface area contributed by atoms with E-state index in [-0.39, 0.29) is 16.4 Å². The van der Waals surface area contributed by atoms with Crippen LogP contribution in [-0.2, 0) is 22.3 Å². The Balaban J connectivity index is 1.49. The first-order valence-corrected chi connectivity index (χ1v) is 10.9. The Morgan fingerprint density at radius 3 is 2.36 bits per heavy atom. The van der Waals surface area contributed by atoms with Crippen molar-refractivity contribution in [3.63, 3.8) is 0 Å². The molecular weight excluding hydrogens is 457 g/mol. The van der Waals surface area contributed by atoms with Crippen LogP contribution in [0.15, 0.2) is 53.4 Å². The minimum absolute atomic E-state index is 0.108. The number of carbonyl (C=O) groups excluding carboxylic acids is 3. The Bertz CT molecular complexity index is 1110. The molecule has 0 atom stereocenters. The Morgan fingerprint density at radius 2 is 1.70 bits per heavy atom. The van der Waals surface area contributed by atoms with Gasteiger partial charge in [-0.05, 0) is 47.2 Å². The summed E-state index contributed by atoms with van der Waals surface area (Å²) in [5, 5.41) is -0.637. The summed E-state index contributed by atoms with van der Waals surface area (Å²) in [6, 6.07) is 11.4. The third-order valence-electron chi connectivity index (χ3n) is 5.28. The number of rotatable bonds is 4. The SMILES string of the molecule is O=C(c1ccc(/C=C2\SC(=O)N(Cc3ccccc3C(F)(F)F)C2=O)cc1)N1CCOCC1. The van der Waals surface area contributed by atoms with E-state index in [0.717, 1.165) is 11.0 Å². The van der Waals surface area contributed by atoms with Gasteiger partial charge < -0.3 is 9.64 Å². The molecule has 2 fully saturated rings. The number of hydrogen-bond donors (Lipinski definition) is 0. The normalized spacial score (nSPS) is 18.3. The average molecular weight is 476 g/mol. The van der Waals surface area contributed by atoms with Gasteiger partial charge in [0.15, 0.2) is 0 Å². The van der Waals surface area contributed by atoms with Gasteiger partial charge in [-0.2, -0.15) is 13.2 Å². The van der Waals surface area contributed by atoms with Crippen molar-refractivity contribution in [3.8, 4) is 0 Å². The molecule has 2 aliphatic rings. The zero-order chi connectivity index (χ0) is 23.6. The molecule has 0 radical (unpaired) electrons. The molecular formula is C23H19F3N2O4S. The van der Waals surface area contributed by atoms with Crippen molar-refractivity contribution < 1.29 is 32.3 Å². The molecule has 6 nitrogen and oxygen atoms in total. The van der Waals surface area contributed by atoms with Crippen LogP contribution in [0.2, 0.25) is 0 Å². The van der Waals surface area contributed by atoms with E-state index < -0.39 is 29.4 Å². The van der Waals surface area contributed by atoms with Crippen molar-refractivity contribution in [1.82, 2.24) is 9.80 Å². The fraction of sp³-hybridized carbons (Fsp3) is 0.261. The number of hydrogen-bond acceptors (Lipinski definition) is 5. The van der Waals surface area contributed by atoms with Crippen LogP contribution < -0.4 is 0 Å². The van der Waals surface area contributed by atoms with Crippen molar-refractivity contribution in [2.75, 3.05) is 26.3 Å². The van der Waals surface area contributed by atoms with Crippen molar-refractivity contribution in [1.29, 1.82) is 0 Å². The zero-order valence-electron chi connectivity index (χ0n) is 17.3. The molecule has 0 spiro atoms. The van der Waals surface area contributed by atoms with Gasteiger partial charge in [0.2, 0.25) is 0 Å². The van der Waals surface area contributed by atoms with Gasteiger partial charge in [-0.1, -0.05) is 30.3 Å². The lowest BCUT2D eigenvalue weighted by Gasteiger charge is -2.26. The molecule has 3 amide bonds. The number of ether oxygens (including phenoxy) is 1. The van der Waals surface area contributed by atoms with Crippen molar-refractivity contribution >= 4 is 34.9 Å². The largest absolute Gasteiger partial charge is 0.416 e. The molecule has 0 aromatic heterocycles. The number of nitrogens with zero attached hydrogens (tertiary/aromatic N) is 2. The number of morpholine rings is 1. The summed E-state index contributed by atoms with van der Waals surface area (Å²) in [6.45, 7) is 1.56. The van der Waals surface area contributed by atoms with Crippen LogP contribution in [0.25, 0.3) is 6.08 Å². The maximum atomic E-state index is 13.3. The van der Waals surface area contributed by atoms with Gasteiger partial charge in [-0.3, -0.25) is 19.3 Å². The molecule has 33 heavy (non-hydrogen) atoms. The van der Waals surface area contributed by atoms with E-state index >= 15 is 0 Å². The zero-order valence-corrected chi connectivity index (χ0v) is 18.1. The predicted octanol–water partition coefficient (Wildman–Crippen LogP) is 4.41.